The van der Waals surface area contributed by atoms with Gasteiger partial charge in [0.05, 0.1) is 11.0 Å². The predicted molar refractivity (Wildman–Crippen MR) is 83.0 cm³/mol. The summed E-state index contributed by atoms with van der Waals surface area (Å²) in [4.78, 5) is 4.96. The van der Waals surface area contributed by atoms with Crippen molar-refractivity contribution in [1.29, 1.82) is 0 Å². The molecule has 5 rings (SSSR count). The van der Waals surface area contributed by atoms with E-state index < -0.39 is 0 Å². The number of fused-ring (bicyclic) bond motifs is 7. The van der Waals surface area contributed by atoms with Gasteiger partial charge >= 0.3 is 0 Å². The molecule has 0 saturated carbocycles. The third-order valence-electron chi connectivity index (χ3n) is 4.48. The molecular weight excluding hydrogens is 258 g/mol. The van der Waals surface area contributed by atoms with Crippen LogP contribution < -0.4 is 4.57 Å². The quantitative estimate of drug-likeness (QED) is 0.449. The summed E-state index contributed by atoms with van der Waals surface area (Å²) in [5.74, 6) is 1.06. The van der Waals surface area contributed by atoms with E-state index in [0.717, 1.165) is 11.3 Å². The van der Waals surface area contributed by atoms with Crippen molar-refractivity contribution in [2.24, 2.45) is 0 Å². The summed E-state index contributed by atoms with van der Waals surface area (Å²) in [5, 5.41) is 2.47. The molecule has 0 radical (unpaired) electrons. The Labute approximate surface area is 122 Å². The predicted octanol–water partition coefficient (Wildman–Crippen LogP) is 3.52. The summed E-state index contributed by atoms with van der Waals surface area (Å²) in [6.07, 6.45) is 2.39. The van der Waals surface area contributed by atoms with Gasteiger partial charge in [-0.2, -0.15) is 4.57 Å². The van der Waals surface area contributed by atoms with Crippen LogP contribution in [0.5, 0.6) is 0 Å². The molecule has 21 heavy (non-hydrogen) atoms. The third-order valence-corrected chi connectivity index (χ3v) is 4.48. The molecule has 3 heterocycles. The Balaban J connectivity index is 1.96. The van der Waals surface area contributed by atoms with Crippen molar-refractivity contribution in [1.82, 2.24) is 9.55 Å². The van der Waals surface area contributed by atoms with Gasteiger partial charge in [-0.05, 0) is 17.5 Å². The van der Waals surface area contributed by atoms with Crippen LogP contribution in [0.25, 0.3) is 33.3 Å². The van der Waals surface area contributed by atoms with Crippen molar-refractivity contribution >= 4 is 21.8 Å². The van der Waals surface area contributed by atoms with Crippen molar-refractivity contribution in [3.05, 3.63) is 60.8 Å². The van der Waals surface area contributed by atoms with Crippen molar-refractivity contribution in [2.75, 3.05) is 0 Å². The lowest BCUT2D eigenvalue weighted by atomic mass is 10.1. The molecular formula is C18H14N3+. The van der Waals surface area contributed by atoms with E-state index in [9.17, 15) is 0 Å². The number of rotatable bonds is 0. The minimum atomic E-state index is 0.266. The molecule has 0 bridgehead atoms. The topological polar surface area (TPSA) is 21.7 Å². The van der Waals surface area contributed by atoms with Crippen molar-refractivity contribution in [3.8, 4) is 11.5 Å². The summed E-state index contributed by atoms with van der Waals surface area (Å²) in [5.41, 5.74) is 3.50. The van der Waals surface area contributed by atoms with E-state index in [1.807, 2.05) is 0 Å². The first kappa shape index (κ1) is 11.0. The van der Waals surface area contributed by atoms with Crippen LogP contribution in [0.1, 0.15) is 13.1 Å². The highest BCUT2D eigenvalue weighted by Gasteiger charge is 2.35. The molecule has 1 atom stereocenters. The maximum atomic E-state index is 4.96. The van der Waals surface area contributed by atoms with E-state index in [4.69, 9.17) is 4.98 Å². The zero-order chi connectivity index (χ0) is 14.0. The van der Waals surface area contributed by atoms with E-state index in [0.29, 0.717) is 0 Å². The Morgan fingerprint density at radius 1 is 1.00 bits per heavy atom. The van der Waals surface area contributed by atoms with Gasteiger partial charge in [-0.15, -0.1) is 0 Å². The molecule has 100 valence electrons. The zero-order valence-corrected chi connectivity index (χ0v) is 11.7. The number of hydrogen-bond donors (Lipinski definition) is 0. The van der Waals surface area contributed by atoms with Crippen LogP contribution in [0.15, 0.2) is 60.8 Å². The van der Waals surface area contributed by atoms with Gasteiger partial charge in [0.25, 0.3) is 5.69 Å². The monoisotopic (exact) mass is 272 g/mol. The first-order chi connectivity index (χ1) is 10.3. The molecule has 0 fully saturated rings. The fourth-order valence-electron chi connectivity index (χ4n) is 3.48. The molecule has 2 aromatic heterocycles. The van der Waals surface area contributed by atoms with Gasteiger partial charge in [0.15, 0.2) is 6.20 Å². The normalized spacial score (nSPS) is 16.3. The van der Waals surface area contributed by atoms with E-state index in [-0.39, 0.29) is 6.17 Å². The molecule has 1 aliphatic rings. The van der Waals surface area contributed by atoms with E-state index in [1.165, 1.54) is 22.0 Å². The van der Waals surface area contributed by atoms with E-state index >= 15 is 0 Å². The maximum Gasteiger partial charge on any atom is 0.250 e. The van der Waals surface area contributed by atoms with Gasteiger partial charge in [-0.1, -0.05) is 30.3 Å². The number of aromatic nitrogens is 3. The molecule has 1 aliphatic heterocycles. The van der Waals surface area contributed by atoms with Gasteiger partial charge in [0.1, 0.15) is 0 Å². The SMILES string of the molecule is CC1n2c(nc3c4ccccc4ccc32)-c2cccc[n+]21. The second-order valence-electron chi connectivity index (χ2n) is 5.58. The average molecular weight is 272 g/mol. The number of nitrogens with zero attached hydrogens (tertiary/aromatic N) is 3. The van der Waals surface area contributed by atoms with Gasteiger partial charge < -0.3 is 0 Å². The lowest BCUT2D eigenvalue weighted by Gasteiger charge is -2.05. The molecule has 0 spiro atoms. The van der Waals surface area contributed by atoms with Gasteiger partial charge in [-0.3, -0.25) is 4.57 Å². The molecule has 3 heteroatoms. The Morgan fingerprint density at radius 2 is 1.86 bits per heavy atom. The van der Waals surface area contributed by atoms with Crippen molar-refractivity contribution in [2.45, 2.75) is 13.1 Å². The van der Waals surface area contributed by atoms with E-state index in [2.05, 4.69) is 76.9 Å². The highest BCUT2D eigenvalue weighted by atomic mass is 15.3. The fraction of sp³-hybridized carbons (Fsp3) is 0.111. The molecule has 3 nitrogen and oxygen atoms in total. The van der Waals surface area contributed by atoms with Gasteiger partial charge in [0.2, 0.25) is 12.0 Å². The number of benzene rings is 2. The molecule has 0 amide bonds. The Bertz CT molecular complexity index is 1010. The molecule has 4 aromatic rings. The highest BCUT2D eigenvalue weighted by molar-refractivity contribution is 6.05. The largest absolute Gasteiger partial charge is 0.259 e. The van der Waals surface area contributed by atoms with Crippen LogP contribution in [-0.4, -0.2) is 9.55 Å². The molecule has 1 unspecified atom stereocenters. The second-order valence-corrected chi connectivity index (χ2v) is 5.58. The van der Waals surface area contributed by atoms with Crippen LogP contribution in [-0.2, 0) is 0 Å². The molecule has 0 N–H and O–H groups in total. The minimum absolute atomic E-state index is 0.266. The zero-order valence-electron chi connectivity index (χ0n) is 11.7. The van der Waals surface area contributed by atoms with Crippen molar-refractivity contribution < 1.29 is 4.57 Å². The lowest BCUT2D eigenvalue weighted by Crippen LogP contribution is -2.37. The minimum Gasteiger partial charge on any atom is -0.259 e. The van der Waals surface area contributed by atoms with Gasteiger partial charge in [0, 0.05) is 24.4 Å². The standard InChI is InChI=1S/C18H14N3/c1-12-20-11-5-4-8-16(20)18-19-17-14-7-3-2-6-13(14)9-10-15(17)21(12)18/h2-12H,1H3/q+1. The van der Waals surface area contributed by atoms with Crippen LogP contribution in [0.4, 0.5) is 0 Å². The van der Waals surface area contributed by atoms with Crippen molar-refractivity contribution in [3.63, 3.8) is 0 Å². The first-order valence-electron chi connectivity index (χ1n) is 7.25. The number of pyridine rings is 1. The fourth-order valence-corrected chi connectivity index (χ4v) is 3.48. The molecule has 0 saturated heterocycles. The number of imidazole rings is 1. The summed E-state index contributed by atoms with van der Waals surface area (Å²) in [6, 6.07) is 19.1. The Morgan fingerprint density at radius 3 is 2.81 bits per heavy atom. The van der Waals surface area contributed by atoms with Crippen LogP contribution >= 0.6 is 0 Å². The second kappa shape index (κ2) is 3.70. The molecule has 0 aliphatic carbocycles. The Hall–Kier alpha value is -2.68. The Kier molecular flexibility index (Phi) is 1.94. The summed E-state index contributed by atoms with van der Waals surface area (Å²) in [7, 11) is 0. The third kappa shape index (κ3) is 1.28. The summed E-state index contributed by atoms with van der Waals surface area (Å²) < 4.78 is 4.61. The lowest BCUT2D eigenvalue weighted by molar-refractivity contribution is -0.705. The van der Waals surface area contributed by atoms with E-state index in [1.54, 1.807) is 0 Å². The molecule has 2 aromatic carbocycles. The smallest absolute Gasteiger partial charge is 0.250 e. The number of hydrogen-bond acceptors (Lipinski definition) is 1. The van der Waals surface area contributed by atoms with Crippen LogP contribution in [0, 0.1) is 0 Å². The first-order valence-corrected chi connectivity index (χ1v) is 7.25. The summed E-state index contributed by atoms with van der Waals surface area (Å²) >= 11 is 0. The van der Waals surface area contributed by atoms with Gasteiger partial charge in [-0.25, -0.2) is 4.98 Å². The van der Waals surface area contributed by atoms with Crippen LogP contribution in [0.2, 0.25) is 0 Å². The van der Waals surface area contributed by atoms with Crippen LogP contribution in [0.3, 0.4) is 0 Å². The maximum absolute atomic E-state index is 4.96. The highest BCUT2D eigenvalue weighted by Crippen LogP contribution is 2.34. The average Bonchev–Trinajstić information content (AvgIpc) is 3.05. The summed E-state index contributed by atoms with van der Waals surface area (Å²) in [6.45, 7) is 2.22.